The van der Waals surface area contributed by atoms with E-state index in [9.17, 15) is 14.7 Å². The third kappa shape index (κ3) is 5.64. The zero-order valence-electron chi connectivity index (χ0n) is 22.2. The molecule has 1 N–H and O–H groups in total. The number of methoxy groups -OCH3 is 1. The van der Waals surface area contributed by atoms with Gasteiger partial charge < -0.3 is 19.3 Å². The van der Waals surface area contributed by atoms with Crippen molar-refractivity contribution in [3.63, 3.8) is 0 Å². The van der Waals surface area contributed by atoms with Crippen LogP contribution in [-0.2, 0) is 9.53 Å². The number of carbonyl (C=O) groups excluding carboxylic acids is 1. The summed E-state index contributed by atoms with van der Waals surface area (Å²) in [6.07, 6.45) is -1.08. The van der Waals surface area contributed by atoms with Crippen LogP contribution in [0.3, 0.4) is 0 Å². The minimum absolute atomic E-state index is 0.0922. The number of carbonyl (C=O) groups is 2. The summed E-state index contributed by atoms with van der Waals surface area (Å²) in [5.74, 6) is 0.440. The summed E-state index contributed by atoms with van der Waals surface area (Å²) in [6, 6.07) is 4.53. The van der Waals surface area contributed by atoms with E-state index < -0.39 is 29.8 Å². The Hall–Kier alpha value is -3.40. The van der Waals surface area contributed by atoms with Crippen LogP contribution in [0.2, 0.25) is 0 Å². The molecular formula is C27H33N3O6S. The molecular weight excluding hydrogens is 494 g/mol. The molecule has 1 aliphatic rings. The maximum absolute atomic E-state index is 12.8. The molecule has 3 heterocycles. The molecule has 0 spiro atoms. The van der Waals surface area contributed by atoms with Crippen LogP contribution in [0.5, 0.6) is 11.5 Å². The summed E-state index contributed by atoms with van der Waals surface area (Å²) >= 11 is 1.51. The quantitative estimate of drug-likeness (QED) is 0.438. The molecule has 2 unspecified atom stereocenters. The van der Waals surface area contributed by atoms with E-state index in [0.717, 1.165) is 21.7 Å². The molecule has 1 saturated heterocycles. The lowest BCUT2D eigenvalue weighted by atomic mass is 10.1. The van der Waals surface area contributed by atoms with E-state index in [1.807, 2.05) is 30.5 Å². The highest BCUT2D eigenvalue weighted by atomic mass is 32.1. The molecule has 0 saturated carbocycles. The van der Waals surface area contributed by atoms with E-state index in [1.54, 1.807) is 27.9 Å². The molecule has 0 aliphatic carbocycles. The van der Waals surface area contributed by atoms with Crippen molar-refractivity contribution in [2.24, 2.45) is 0 Å². The summed E-state index contributed by atoms with van der Waals surface area (Å²) in [5.41, 5.74) is 2.48. The number of carboxylic acids is 1. The second-order valence-electron chi connectivity index (χ2n) is 10.5. The van der Waals surface area contributed by atoms with Crippen molar-refractivity contribution < 1.29 is 28.9 Å². The SMILES string of the molecule is COc1ccc2c(OC3CC(C(=O)O)N(C(=O)OC(C)(C)C)C3)cc(-c3nc(C(C)C)cs3)nc2c1C. The predicted molar refractivity (Wildman–Crippen MR) is 142 cm³/mol. The number of hydrogen-bond donors (Lipinski definition) is 1. The lowest BCUT2D eigenvalue weighted by molar-refractivity contribution is -0.142. The summed E-state index contributed by atoms with van der Waals surface area (Å²) in [7, 11) is 1.61. The van der Waals surface area contributed by atoms with Gasteiger partial charge in [-0.2, -0.15) is 0 Å². The van der Waals surface area contributed by atoms with Crippen LogP contribution in [0.15, 0.2) is 23.6 Å². The first kappa shape index (κ1) is 26.7. The topological polar surface area (TPSA) is 111 Å². The molecule has 10 heteroatoms. The number of benzene rings is 1. The van der Waals surface area contributed by atoms with Gasteiger partial charge in [-0.1, -0.05) is 13.8 Å². The van der Waals surface area contributed by atoms with Gasteiger partial charge in [0.1, 0.15) is 39.9 Å². The molecule has 37 heavy (non-hydrogen) atoms. The fraction of sp³-hybridized carbons (Fsp3) is 0.481. The van der Waals surface area contributed by atoms with Crippen molar-refractivity contribution in [2.45, 2.75) is 71.6 Å². The van der Waals surface area contributed by atoms with Crippen molar-refractivity contribution in [3.05, 3.63) is 34.8 Å². The van der Waals surface area contributed by atoms with E-state index in [4.69, 9.17) is 24.2 Å². The number of aliphatic carboxylic acids is 1. The van der Waals surface area contributed by atoms with Gasteiger partial charge in [0.2, 0.25) is 0 Å². The number of aromatic nitrogens is 2. The zero-order chi connectivity index (χ0) is 27.1. The van der Waals surface area contributed by atoms with E-state index in [-0.39, 0.29) is 18.9 Å². The maximum atomic E-state index is 12.8. The Morgan fingerprint density at radius 2 is 1.92 bits per heavy atom. The van der Waals surface area contributed by atoms with E-state index in [1.165, 1.54) is 16.2 Å². The monoisotopic (exact) mass is 527 g/mol. The first-order chi connectivity index (χ1) is 17.4. The summed E-state index contributed by atoms with van der Waals surface area (Å²) < 4.78 is 17.4. The number of hydrogen-bond acceptors (Lipinski definition) is 8. The van der Waals surface area contributed by atoms with Crippen molar-refractivity contribution in [3.8, 4) is 22.2 Å². The van der Waals surface area contributed by atoms with Gasteiger partial charge in [0.05, 0.1) is 24.9 Å². The van der Waals surface area contributed by atoms with Gasteiger partial charge in [-0.05, 0) is 45.7 Å². The summed E-state index contributed by atoms with van der Waals surface area (Å²) in [5, 5.41) is 13.3. The third-order valence-corrected chi connectivity index (χ3v) is 7.05. The first-order valence-electron chi connectivity index (χ1n) is 12.2. The predicted octanol–water partition coefficient (Wildman–Crippen LogP) is 5.64. The molecule has 1 aromatic carbocycles. The highest BCUT2D eigenvalue weighted by Gasteiger charge is 2.43. The molecule has 2 aromatic heterocycles. The number of amides is 1. The number of ether oxygens (including phenoxy) is 3. The molecule has 4 rings (SSSR count). The van der Waals surface area contributed by atoms with Crippen LogP contribution in [0.4, 0.5) is 4.79 Å². The van der Waals surface area contributed by atoms with Crippen LogP contribution < -0.4 is 9.47 Å². The van der Waals surface area contributed by atoms with Gasteiger partial charge >= 0.3 is 12.1 Å². The minimum Gasteiger partial charge on any atom is -0.496 e. The smallest absolute Gasteiger partial charge is 0.411 e. The molecule has 1 fully saturated rings. The number of pyridine rings is 1. The Balaban J connectivity index is 1.73. The van der Waals surface area contributed by atoms with Crippen LogP contribution in [0.25, 0.3) is 21.6 Å². The first-order valence-corrected chi connectivity index (χ1v) is 13.1. The zero-order valence-corrected chi connectivity index (χ0v) is 23.0. The van der Waals surface area contributed by atoms with Crippen molar-refractivity contribution >= 4 is 34.3 Å². The van der Waals surface area contributed by atoms with E-state index >= 15 is 0 Å². The van der Waals surface area contributed by atoms with Crippen LogP contribution >= 0.6 is 11.3 Å². The fourth-order valence-electron chi connectivity index (χ4n) is 4.30. The number of likely N-dealkylation sites (tertiary alicyclic amines) is 1. The highest BCUT2D eigenvalue weighted by Crippen LogP contribution is 2.38. The van der Waals surface area contributed by atoms with Crippen LogP contribution in [-0.4, -0.2) is 63.4 Å². The molecule has 0 bridgehead atoms. The highest BCUT2D eigenvalue weighted by molar-refractivity contribution is 7.13. The third-order valence-electron chi connectivity index (χ3n) is 6.17. The largest absolute Gasteiger partial charge is 0.496 e. The average Bonchev–Trinajstić information content (AvgIpc) is 3.46. The van der Waals surface area contributed by atoms with E-state index in [2.05, 4.69) is 13.8 Å². The molecule has 1 amide bonds. The molecule has 2 atom stereocenters. The molecule has 9 nitrogen and oxygen atoms in total. The van der Waals surface area contributed by atoms with E-state index in [0.29, 0.717) is 22.7 Å². The number of carboxylic acid groups (broad SMARTS) is 1. The number of nitrogens with zero attached hydrogens (tertiary/aromatic N) is 3. The Morgan fingerprint density at radius 1 is 1.19 bits per heavy atom. The fourth-order valence-corrected chi connectivity index (χ4v) is 5.24. The molecule has 198 valence electrons. The van der Waals surface area contributed by atoms with Gasteiger partial charge in [-0.15, -0.1) is 11.3 Å². The minimum atomic E-state index is -1.10. The molecule has 1 aliphatic heterocycles. The van der Waals surface area contributed by atoms with Gasteiger partial charge in [-0.25, -0.2) is 19.6 Å². The number of thiazole rings is 1. The Labute approximate surface area is 220 Å². The van der Waals surface area contributed by atoms with Gasteiger partial charge in [0.25, 0.3) is 0 Å². The summed E-state index contributed by atoms with van der Waals surface area (Å²) in [4.78, 5) is 35.6. The lowest BCUT2D eigenvalue weighted by Gasteiger charge is -2.26. The second-order valence-corrected chi connectivity index (χ2v) is 11.3. The van der Waals surface area contributed by atoms with Crippen molar-refractivity contribution in [1.29, 1.82) is 0 Å². The Morgan fingerprint density at radius 3 is 2.51 bits per heavy atom. The standard InChI is InChI=1S/C27H33N3O6S/c1-14(2)19-13-37-24(29-19)18-11-22(17-8-9-21(34-7)15(3)23(17)28-18)35-16-10-20(25(31)32)30(12-16)26(33)36-27(4,5)6/h8-9,11,13-14,16,20H,10,12H2,1-7H3,(H,31,32). The number of fused-ring (bicyclic) bond motifs is 1. The molecule has 3 aromatic rings. The van der Waals surface area contributed by atoms with Crippen molar-refractivity contribution in [2.75, 3.05) is 13.7 Å². The van der Waals surface area contributed by atoms with Crippen molar-refractivity contribution in [1.82, 2.24) is 14.9 Å². The number of rotatable bonds is 6. The maximum Gasteiger partial charge on any atom is 0.411 e. The van der Waals surface area contributed by atoms with Gasteiger partial charge in [-0.3, -0.25) is 4.90 Å². The van der Waals surface area contributed by atoms with Gasteiger partial charge in [0, 0.05) is 28.8 Å². The Bertz CT molecular complexity index is 1330. The lowest BCUT2D eigenvalue weighted by Crippen LogP contribution is -2.43. The normalized spacial score (nSPS) is 17.9. The second kappa shape index (κ2) is 10.2. The van der Waals surface area contributed by atoms with Crippen LogP contribution in [0.1, 0.15) is 58.2 Å². The van der Waals surface area contributed by atoms with Crippen LogP contribution in [0, 0.1) is 6.92 Å². The van der Waals surface area contributed by atoms with Gasteiger partial charge in [0.15, 0.2) is 0 Å². The Kier molecular flexibility index (Phi) is 7.32. The summed E-state index contributed by atoms with van der Waals surface area (Å²) in [6.45, 7) is 11.4. The average molecular weight is 528 g/mol. The number of aryl methyl sites for hydroxylation is 1. The molecule has 0 radical (unpaired) electrons.